The van der Waals surface area contributed by atoms with Crippen LogP contribution in [0.1, 0.15) is 0 Å². The van der Waals surface area contributed by atoms with Crippen molar-refractivity contribution in [1.29, 1.82) is 0 Å². The molecular weight excluding hydrogens is 472 g/mol. The summed E-state index contributed by atoms with van der Waals surface area (Å²) in [6.45, 7) is 0. The molecule has 0 amide bonds. The van der Waals surface area contributed by atoms with Gasteiger partial charge in [0.2, 0.25) is 0 Å². The van der Waals surface area contributed by atoms with Crippen LogP contribution in [-0.4, -0.2) is 8.56 Å². The number of hydrogen-bond donors (Lipinski definition) is 0. The zero-order valence-electron chi connectivity index (χ0n) is 5.17. The number of rotatable bonds is 1. The molecule has 0 aliphatic heterocycles. The fourth-order valence-electron chi connectivity index (χ4n) is 0.730. The van der Waals surface area contributed by atoms with Crippen LogP contribution in [0.25, 0.3) is 0 Å². The number of halogens is 5. The topological polar surface area (TPSA) is 0 Å². The molecule has 0 fully saturated rings. The standard InChI is InChI=1S/C6H3Br5/c7-2-3-1-6(10,11)5(9)4(3)8/h1H,2H2. The third-order valence-corrected chi connectivity index (χ3v) is 6.65. The molecule has 62 valence electrons. The van der Waals surface area contributed by atoms with Gasteiger partial charge in [0.05, 0.1) is 0 Å². The fourth-order valence-corrected chi connectivity index (χ4v) is 3.97. The summed E-state index contributed by atoms with van der Waals surface area (Å²) >= 11 is 17.4. The Morgan fingerprint density at radius 2 is 1.82 bits per heavy atom. The van der Waals surface area contributed by atoms with Crippen molar-refractivity contribution >= 4 is 79.6 Å². The number of alkyl halides is 3. The van der Waals surface area contributed by atoms with Gasteiger partial charge in [0, 0.05) is 14.3 Å². The third kappa shape index (κ3) is 2.22. The summed E-state index contributed by atoms with van der Waals surface area (Å²) in [5.41, 5.74) is 1.23. The Hall–Kier alpha value is 1.88. The van der Waals surface area contributed by atoms with Crippen molar-refractivity contribution in [3.8, 4) is 0 Å². The van der Waals surface area contributed by atoms with Crippen molar-refractivity contribution in [3.63, 3.8) is 0 Å². The average molecular weight is 475 g/mol. The second-order valence-electron chi connectivity index (χ2n) is 2.05. The maximum atomic E-state index is 3.51. The molecular formula is C6H3Br5. The molecule has 5 heteroatoms. The van der Waals surface area contributed by atoms with Crippen LogP contribution in [0.2, 0.25) is 0 Å². The second-order valence-corrected chi connectivity index (χ2v) is 7.77. The molecule has 0 bridgehead atoms. The van der Waals surface area contributed by atoms with Crippen molar-refractivity contribution < 1.29 is 0 Å². The highest BCUT2D eigenvalue weighted by Gasteiger charge is 2.33. The van der Waals surface area contributed by atoms with E-state index in [9.17, 15) is 0 Å². The molecule has 0 aromatic carbocycles. The smallest absolute Gasteiger partial charge is 0.0876 e. The minimum absolute atomic E-state index is 0.220. The summed E-state index contributed by atoms with van der Waals surface area (Å²) in [6, 6.07) is 0. The Balaban J connectivity index is 3.07. The van der Waals surface area contributed by atoms with Gasteiger partial charge < -0.3 is 0 Å². The zero-order chi connectivity index (χ0) is 8.65. The molecule has 0 atom stereocenters. The lowest BCUT2D eigenvalue weighted by molar-refractivity contribution is 1.39. The van der Waals surface area contributed by atoms with Gasteiger partial charge in [-0.3, -0.25) is 0 Å². The normalized spacial score (nSPS) is 22.5. The van der Waals surface area contributed by atoms with Crippen LogP contribution >= 0.6 is 79.6 Å². The minimum atomic E-state index is -0.220. The lowest BCUT2D eigenvalue weighted by Gasteiger charge is -2.09. The third-order valence-electron chi connectivity index (χ3n) is 1.27. The summed E-state index contributed by atoms with van der Waals surface area (Å²) < 4.78 is 1.95. The van der Waals surface area contributed by atoms with Crippen molar-refractivity contribution in [2.24, 2.45) is 0 Å². The Labute approximate surface area is 108 Å². The van der Waals surface area contributed by atoms with Gasteiger partial charge in [0.25, 0.3) is 0 Å². The van der Waals surface area contributed by atoms with E-state index in [4.69, 9.17) is 0 Å². The van der Waals surface area contributed by atoms with E-state index in [1.54, 1.807) is 0 Å². The summed E-state index contributed by atoms with van der Waals surface area (Å²) in [7, 11) is 0. The van der Waals surface area contributed by atoms with Crippen LogP contribution in [0, 0.1) is 0 Å². The first-order chi connectivity index (χ1) is 4.99. The second kappa shape index (κ2) is 3.95. The maximum Gasteiger partial charge on any atom is 0.131 e. The quantitative estimate of drug-likeness (QED) is 0.479. The van der Waals surface area contributed by atoms with E-state index in [-0.39, 0.29) is 3.23 Å². The van der Waals surface area contributed by atoms with Gasteiger partial charge in [-0.15, -0.1) is 0 Å². The summed E-state index contributed by atoms with van der Waals surface area (Å²) in [4.78, 5) is 0. The van der Waals surface area contributed by atoms with E-state index in [1.165, 1.54) is 5.57 Å². The van der Waals surface area contributed by atoms with E-state index >= 15 is 0 Å². The van der Waals surface area contributed by atoms with Crippen molar-refractivity contribution in [3.05, 3.63) is 20.6 Å². The Morgan fingerprint density at radius 1 is 1.27 bits per heavy atom. The van der Waals surface area contributed by atoms with Gasteiger partial charge in [0.1, 0.15) is 3.23 Å². The predicted octanol–water partition coefficient (Wildman–Crippen LogP) is 4.81. The molecule has 0 heterocycles. The molecule has 0 aromatic rings. The molecule has 0 saturated heterocycles. The van der Waals surface area contributed by atoms with E-state index in [0.29, 0.717) is 0 Å². The molecule has 1 rings (SSSR count). The summed E-state index contributed by atoms with van der Waals surface area (Å²) in [5.74, 6) is 0. The first-order valence-electron chi connectivity index (χ1n) is 2.70. The molecule has 1 aliphatic rings. The highest BCUT2D eigenvalue weighted by atomic mass is 79.9. The van der Waals surface area contributed by atoms with Crippen LogP contribution in [0.5, 0.6) is 0 Å². The molecule has 0 saturated carbocycles. The SMILES string of the molecule is BrCC1=CC(Br)(Br)C(Br)=C1Br. The monoisotopic (exact) mass is 470 g/mol. The molecule has 0 N–H and O–H groups in total. The first-order valence-corrected chi connectivity index (χ1v) is 7.00. The highest BCUT2D eigenvalue weighted by molar-refractivity contribution is 9.27. The lowest BCUT2D eigenvalue weighted by Crippen LogP contribution is -2.02. The Bertz CT molecular complexity index is 237. The highest BCUT2D eigenvalue weighted by Crippen LogP contribution is 2.50. The van der Waals surface area contributed by atoms with Gasteiger partial charge in [-0.25, -0.2) is 0 Å². The molecule has 0 unspecified atom stereocenters. The van der Waals surface area contributed by atoms with Gasteiger partial charge in [-0.05, 0) is 27.6 Å². The van der Waals surface area contributed by atoms with Gasteiger partial charge in [-0.2, -0.15) is 0 Å². The lowest BCUT2D eigenvalue weighted by atomic mass is 10.3. The van der Waals surface area contributed by atoms with Crippen molar-refractivity contribution in [1.82, 2.24) is 0 Å². The van der Waals surface area contributed by atoms with E-state index in [2.05, 4.69) is 85.7 Å². The van der Waals surface area contributed by atoms with Crippen LogP contribution in [0.4, 0.5) is 0 Å². The number of hydrogen-bond acceptors (Lipinski definition) is 0. The van der Waals surface area contributed by atoms with E-state index < -0.39 is 0 Å². The maximum absolute atomic E-state index is 3.51. The molecule has 11 heavy (non-hydrogen) atoms. The summed E-state index contributed by atoms with van der Waals surface area (Å²) in [5, 5.41) is 0.849. The zero-order valence-corrected chi connectivity index (χ0v) is 13.1. The van der Waals surface area contributed by atoms with Gasteiger partial charge in [-0.1, -0.05) is 63.7 Å². The van der Waals surface area contributed by atoms with Crippen LogP contribution in [-0.2, 0) is 0 Å². The molecule has 0 nitrogen and oxygen atoms in total. The Kier molecular flexibility index (Phi) is 3.93. The van der Waals surface area contributed by atoms with Gasteiger partial charge in [0.15, 0.2) is 0 Å². The fraction of sp³-hybridized carbons (Fsp3) is 0.333. The van der Waals surface area contributed by atoms with Crippen LogP contribution in [0.15, 0.2) is 20.6 Å². The number of allylic oxidation sites excluding steroid dienone is 4. The van der Waals surface area contributed by atoms with Crippen molar-refractivity contribution in [2.45, 2.75) is 3.23 Å². The molecule has 1 aliphatic carbocycles. The van der Waals surface area contributed by atoms with E-state index in [0.717, 1.165) is 14.3 Å². The molecule has 0 spiro atoms. The van der Waals surface area contributed by atoms with Crippen LogP contribution < -0.4 is 0 Å². The first kappa shape index (κ1) is 11.0. The average Bonchev–Trinajstić information content (AvgIpc) is 2.13. The van der Waals surface area contributed by atoms with Crippen LogP contribution in [0.3, 0.4) is 0 Å². The summed E-state index contributed by atoms with van der Waals surface area (Å²) in [6.07, 6.45) is 2.09. The Morgan fingerprint density at radius 3 is 2.00 bits per heavy atom. The van der Waals surface area contributed by atoms with Gasteiger partial charge >= 0.3 is 0 Å². The van der Waals surface area contributed by atoms with Crippen molar-refractivity contribution in [2.75, 3.05) is 5.33 Å². The minimum Gasteiger partial charge on any atom is -0.0876 e. The van der Waals surface area contributed by atoms with E-state index in [1.807, 2.05) is 0 Å². The molecule has 0 aromatic heterocycles. The predicted molar refractivity (Wildman–Crippen MR) is 67.3 cm³/mol. The largest absolute Gasteiger partial charge is 0.131 e. The molecule has 0 radical (unpaired) electrons.